The second kappa shape index (κ2) is 3.28. The minimum Gasteiger partial charge on any atom is -0.397 e. The standard InChI is InChI=1S/C6H4BrClIN/c7-5-3(9)1-2-4(10)6(5)8/h1-2H,10H2. The van der Waals surface area contributed by atoms with Crippen molar-refractivity contribution in [3.05, 3.63) is 25.2 Å². The molecule has 4 heteroatoms. The topological polar surface area (TPSA) is 26.0 Å². The summed E-state index contributed by atoms with van der Waals surface area (Å²) in [5.74, 6) is 0. The summed E-state index contributed by atoms with van der Waals surface area (Å²) in [5.41, 5.74) is 6.13. The predicted octanol–water partition coefficient (Wildman–Crippen LogP) is 3.29. The fourth-order valence-electron chi connectivity index (χ4n) is 0.541. The average molecular weight is 332 g/mol. The van der Waals surface area contributed by atoms with Crippen LogP contribution in [0.4, 0.5) is 5.69 Å². The highest BCUT2D eigenvalue weighted by atomic mass is 127. The van der Waals surface area contributed by atoms with Gasteiger partial charge in [-0.3, -0.25) is 0 Å². The zero-order valence-electron chi connectivity index (χ0n) is 4.87. The molecule has 0 radical (unpaired) electrons. The SMILES string of the molecule is Nc1ccc(I)c(Br)c1Cl. The maximum Gasteiger partial charge on any atom is 0.0788 e. The van der Waals surface area contributed by atoms with Crippen LogP contribution in [0.25, 0.3) is 0 Å². The van der Waals surface area contributed by atoms with Gasteiger partial charge in [-0.05, 0) is 50.7 Å². The van der Waals surface area contributed by atoms with Crippen LogP contribution in [0.15, 0.2) is 16.6 Å². The van der Waals surface area contributed by atoms with Gasteiger partial charge in [0.05, 0.1) is 15.2 Å². The van der Waals surface area contributed by atoms with Gasteiger partial charge in [-0.15, -0.1) is 0 Å². The van der Waals surface area contributed by atoms with Crippen molar-refractivity contribution >= 4 is 55.8 Å². The molecule has 0 aliphatic carbocycles. The van der Waals surface area contributed by atoms with E-state index in [9.17, 15) is 0 Å². The van der Waals surface area contributed by atoms with Gasteiger partial charge in [0.2, 0.25) is 0 Å². The molecule has 2 N–H and O–H groups in total. The van der Waals surface area contributed by atoms with Gasteiger partial charge in [0.25, 0.3) is 0 Å². The molecule has 1 aromatic rings. The van der Waals surface area contributed by atoms with E-state index in [2.05, 4.69) is 38.5 Å². The van der Waals surface area contributed by atoms with Crippen LogP contribution in [-0.2, 0) is 0 Å². The van der Waals surface area contributed by atoms with Crippen molar-refractivity contribution < 1.29 is 0 Å². The summed E-state index contributed by atoms with van der Waals surface area (Å²) in [7, 11) is 0. The molecule has 10 heavy (non-hydrogen) atoms. The van der Waals surface area contributed by atoms with E-state index in [0.29, 0.717) is 10.7 Å². The van der Waals surface area contributed by atoms with Crippen molar-refractivity contribution in [3.63, 3.8) is 0 Å². The quantitative estimate of drug-likeness (QED) is 0.440. The Hall–Kier alpha value is 0.520. The summed E-state index contributed by atoms with van der Waals surface area (Å²) in [5, 5.41) is 0.590. The molecule has 0 aliphatic heterocycles. The Morgan fingerprint density at radius 2 is 2.10 bits per heavy atom. The first-order chi connectivity index (χ1) is 4.63. The number of hydrogen-bond donors (Lipinski definition) is 1. The molecule has 1 nitrogen and oxygen atoms in total. The lowest BCUT2D eigenvalue weighted by Crippen LogP contribution is -1.87. The van der Waals surface area contributed by atoms with Crippen molar-refractivity contribution in [3.8, 4) is 0 Å². The molecule has 1 aromatic carbocycles. The maximum absolute atomic E-state index is 5.81. The van der Waals surface area contributed by atoms with Crippen LogP contribution in [0.2, 0.25) is 5.02 Å². The first-order valence-corrected chi connectivity index (χ1v) is 4.77. The third-order valence-electron chi connectivity index (χ3n) is 1.07. The van der Waals surface area contributed by atoms with Crippen LogP contribution in [-0.4, -0.2) is 0 Å². The first kappa shape index (κ1) is 8.62. The number of benzene rings is 1. The Balaban J connectivity index is 3.34. The highest BCUT2D eigenvalue weighted by molar-refractivity contribution is 14.1. The van der Waals surface area contributed by atoms with Crippen molar-refractivity contribution in [1.29, 1.82) is 0 Å². The van der Waals surface area contributed by atoms with Gasteiger partial charge in [0.15, 0.2) is 0 Å². The number of halogens is 3. The molecule has 54 valence electrons. The van der Waals surface area contributed by atoms with Crippen molar-refractivity contribution in [2.45, 2.75) is 0 Å². The lowest BCUT2D eigenvalue weighted by Gasteiger charge is -2.01. The second-order valence-electron chi connectivity index (χ2n) is 1.76. The molecule has 0 bridgehead atoms. The smallest absolute Gasteiger partial charge is 0.0788 e. The van der Waals surface area contributed by atoms with E-state index in [4.69, 9.17) is 17.3 Å². The zero-order valence-corrected chi connectivity index (χ0v) is 9.37. The number of anilines is 1. The fraction of sp³-hybridized carbons (Fsp3) is 0. The monoisotopic (exact) mass is 331 g/mol. The third-order valence-corrected chi connectivity index (χ3v) is 4.16. The second-order valence-corrected chi connectivity index (χ2v) is 4.10. The van der Waals surface area contributed by atoms with Gasteiger partial charge in [-0.1, -0.05) is 11.6 Å². The summed E-state index contributed by atoms with van der Waals surface area (Å²) in [4.78, 5) is 0. The molecule has 1 rings (SSSR count). The fourth-order valence-corrected chi connectivity index (χ4v) is 1.68. The van der Waals surface area contributed by atoms with Crippen LogP contribution in [0.3, 0.4) is 0 Å². The maximum atomic E-state index is 5.81. The van der Waals surface area contributed by atoms with E-state index in [1.165, 1.54) is 0 Å². The molecular weight excluding hydrogens is 328 g/mol. The summed E-state index contributed by atoms with van der Waals surface area (Å²) in [6, 6.07) is 3.70. The first-order valence-electron chi connectivity index (χ1n) is 2.52. The lowest BCUT2D eigenvalue weighted by atomic mass is 10.3. The Morgan fingerprint density at radius 3 is 2.60 bits per heavy atom. The Bertz CT molecular complexity index is 237. The average Bonchev–Trinajstić information content (AvgIpc) is 1.93. The molecule has 0 atom stereocenters. The van der Waals surface area contributed by atoms with Gasteiger partial charge >= 0.3 is 0 Å². The van der Waals surface area contributed by atoms with Crippen LogP contribution < -0.4 is 5.73 Å². The van der Waals surface area contributed by atoms with Gasteiger partial charge in [-0.25, -0.2) is 0 Å². The van der Waals surface area contributed by atoms with Gasteiger partial charge in [-0.2, -0.15) is 0 Å². The number of nitrogen functional groups attached to an aromatic ring is 1. The summed E-state index contributed by atoms with van der Waals surface area (Å²) >= 11 is 11.3. The molecule has 0 saturated carbocycles. The molecule has 0 unspecified atom stereocenters. The van der Waals surface area contributed by atoms with Gasteiger partial charge < -0.3 is 5.73 Å². The molecule has 0 saturated heterocycles. The van der Waals surface area contributed by atoms with Crippen molar-refractivity contribution in [2.75, 3.05) is 5.73 Å². The Kier molecular flexibility index (Phi) is 2.82. The molecule has 0 aromatic heterocycles. The van der Waals surface area contributed by atoms with Crippen LogP contribution in [0.5, 0.6) is 0 Å². The zero-order chi connectivity index (χ0) is 7.72. The minimum absolute atomic E-state index is 0.590. The van der Waals surface area contributed by atoms with E-state index in [-0.39, 0.29) is 0 Å². The predicted molar refractivity (Wildman–Crippen MR) is 56.3 cm³/mol. The Morgan fingerprint density at radius 1 is 1.50 bits per heavy atom. The minimum atomic E-state index is 0.590. The van der Waals surface area contributed by atoms with Gasteiger partial charge in [0, 0.05) is 3.57 Å². The molecule has 0 amide bonds. The van der Waals surface area contributed by atoms with Gasteiger partial charge in [0.1, 0.15) is 0 Å². The van der Waals surface area contributed by atoms with E-state index in [1.54, 1.807) is 6.07 Å². The van der Waals surface area contributed by atoms with Crippen LogP contribution in [0, 0.1) is 3.57 Å². The molecular formula is C6H4BrClIN. The molecule has 0 spiro atoms. The highest BCUT2D eigenvalue weighted by Gasteiger charge is 2.03. The number of hydrogen-bond acceptors (Lipinski definition) is 1. The summed E-state index contributed by atoms with van der Waals surface area (Å²) in [6.07, 6.45) is 0. The van der Waals surface area contributed by atoms with Crippen molar-refractivity contribution in [2.24, 2.45) is 0 Å². The number of rotatable bonds is 0. The van der Waals surface area contributed by atoms with Crippen LogP contribution >= 0.6 is 50.1 Å². The van der Waals surface area contributed by atoms with E-state index < -0.39 is 0 Å². The largest absolute Gasteiger partial charge is 0.397 e. The summed E-state index contributed by atoms with van der Waals surface area (Å²) < 4.78 is 1.94. The normalized spacial score (nSPS) is 9.90. The molecule has 0 heterocycles. The lowest BCUT2D eigenvalue weighted by molar-refractivity contribution is 1.58. The van der Waals surface area contributed by atoms with E-state index >= 15 is 0 Å². The molecule has 0 fully saturated rings. The molecule has 0 aliphatic rings. The third kappa shape index (κ3) is 1.57. The van der Waals surface area contributed by atoms with Crippen molar-refractivity contribution in [1.82, 2.24) is 0 Å². The Labute approximate surface area is 86.2 Å². The van der Waals surface area contributed by atoms with E-state index in [1.807, 2.05) is 6.07 Å². The highest BCUT2D eigenvalue weighted by Crippen LogP contribution is 2.31. The summed E-state index contributed by atoms with van der Waals surface area (Å²) in [6.45, 7) is 0. The number of nitrogens with two attached hydrogens (primary N) is 1. The van der Waals surface area contributed by atoms with Crippen LogP contribution in [0.1, 0.15) is 0 Å². The van der Waals surface area contributed by atoms with E-state index in [0.717, 1.165) is 8.04 Å².